The Morgan fingerprint density at radius 2 is 1.90 bits per heavy atom. The zero-order valence-electron chi connectivity index (χ0n) is 22.6. The molecular formula is C28H34F2N6O4. The molecule has 40 heavy (non-hydrogen) atoms. The van der Waals surface area contributed by atoms with Gasteiger partial charge in [0.2, 0.25) is 5.88 Å². The molecule has 12 heteroatoms. The largest absolute Gasteiger partial charge is 0.461 e. The van der Waals surface area contributed by atoms with Crippen LogP contribution in [0.4, 0.5) is 14.5 Å². The lowest BCUT2D eigenvalue weighted by Crippen LogP contribution is -2.49. The molecule has 0 bridgehead atoms. The van der Waals surface area contributed by atoms with E-state index in [1.165, 1.54) is 12.3 Å². The molecule has 0 aromatic carbocycles. The molecule has 0 atom stereocenters. The Morgan fingerprint density at radius 3 is 2.58 bits per heavy atom. The van der Waals surface area contributed by atoms with Crippen LogP contribution in [0.3, 0.4) is 0 Å². The summed E-state index contributed by atoms with van der Waals surface area (Å²) < 4.78 is 42.9. The van der Waals surface area contributed by atoms with Gasteiger partial charge in [0.05, 0.1) is 42.3 Å². The Balaban J connectivity index is 1.43. The number of hydrogen-bond donors (Lipinski definition) is 0. The molecule has 3 aromatic rings. The second-order valence-corrected chi connectivity index (χ2v) is 10.5. The van der Waals surface area contributed by atoms with Crippen molar-refractivity contribution >= 4 is 22.7 Å². The van der Waals surface area contributed by atoms with Crippen LogP contribution in [0.5, 0.6) is 5.88 Å². The number of aromatic nitrogens is 4. The Hall–Kier alpha value is -3.38. The van der Waals surface area contributed by atoms with Crippen LogP contribution in [-0.4, -0.2) is 89.3 Å². The van der Waals surface area contributed by atoms with Crippen molar-refractivity contribution in [2.24, 2.45) is 0 Å². The zero-order chi connectivity index (χ0) is 27.6. The molecule has 214 valence electrons. The summed E-state index contributed by atoms with van der Waals surface area (Å²) in [6, 6.07) is 5.42. The highest BCUT2D eigenvalue weighted by atomic mass is 19.3. The van der Waals surface area contributed by atoms with Gasteiger partial charge in [0.1, 0.15) is 0 Å². The number of esters is 1. The number of nitrogens with zero attached hydrogens (tertiary/aromatic N) is 6. The van der Waals surface area contributed by atoms with Gasteiger partial charge in [-0.15, -0.1) is 0 Å². The van der Waals surface area contributed by atoms with Gasteiger partial charge >= 0.3 is 12.6 Å². The maximum atomic E-state index is 12.9. The highest BCUT2D eigenvalue weighted by Gasteiger charge is 2.33. The molecule has 0 unspecified atom stereocenters. The van der Waals surface area contributed by atoms with Crippen molar-refractivity contribution < 1.29 is 27.8 Å². The number of carbonyl (C=O) groups excluding carboxylic acids is 1. The van der Waals surface area contributed by atoms with Crippen molar-refractivity contribution in [2.45, 2.75) is 57.6 Å². The Bertz CT molecular complexity index is 1350. The maximum absolute atomic E-state index is 12.9. The van der Waals surface area contributed by atoms with E-state index >= 15 is 0 Å². The van der Waals surface area contributed by atoms with Gasteiger partial charge in [0.15, 0.2) is 11.3 Å². The number of piperidine rings is 1. The number of anilines is 1. The summed E-state index contributed by atoms with van der Waals surface area (Å²) in [5.74, 6) is -0.459. The van der Waals surface area contributed by atoms with E-state index < -0.39 is 12.6 Å². The molecule has 10 nitrogen and oxygen atoms in total. The third-order valence-electron chi connectivity index (χ3n) is 8.16. The van der Waals surface area contributed by atoms with Gasteiger partial charge in [0, 0.05) is 50.4 Å². The summed E-state index contributed by atoms with van der Waals surface area (Å²) in [7, 11) is 0. The molecule has 0 spiro atoms. The van der Waals surface area contributed by atoms with E-state index in [2.05, 4.69) is 19.5 Å². The molecule has 6 rings (SSSR count). The van der Waals surface area contributed by atoms with E-state index in [1.54, 1.807) is 17.7 Å². The van der Waals surface area contributed by atoms with Crippen molar-refractivity contribution in [1.82, 2.24) is 24.6 Å². The number of morpholine rings is 1. The van der Waals surface area contributed by atoms with Crippen LogP contribution in [0.25, 0.3) is 16.7 Å². The molecule has 3 aromatic heterocycles. The van der Waals surface area contributed by atoms with Crippen LogP contribution < -0.4 is 9.64 Å². The van der Waals surface area contributed by atoms with Crippen LogP contribution in [0.2, 0.25) is 0 Å². The van der Waals surface area contributed by atoms with Crippen molar-refractivity contribution in [3.63, 3.8) is 0 Å². The smallest absolute Gasteiger partial charge is 0.388 e. The van der Waals surface area contributed by atoms with Gasteiger partial charge in [-0.1, -0.05) is 6.42 Å². The highest BCUT2D eigenvalue weighted by Crippen LogP contribution is 2.43. The van der Waals surface area contributed by atoms with Gasteiger partial charge in [-0.2, -0.15) is 13.9 Å². The predicted molar refractivity (Wildman–Crippen MR) is 143 cm³/mol. The molecule has 0 N–H and O–H groups in total. The normalized spacial score (nSPS) is 19.2. The molecule has 1 saturated carbocycles. The Kier molecular flexibility index (Phi) is 7.79. The Morgan fingerprint density at radius 1 is 1.12 bits per heavy atom. The van der Waals surface area contributed by atoms with Crippen LogP contribution >= 0.6 is 0 Å². The summed E-state index contributed by atoms with van der Waals surface area (Å²) in [4.78, 5) is 26.4. The average Bonchev–Trinajstić information content (AvgIpc) is 3.31. The number of rotatable bonds is 8. The number of pyridine rings is 2. The fourth-order valence-electron chi connectivity index (χ4n) is 5.93. The van der Waals surface area contributed by atoms with E-state index in [0.717, 1.165) is 88.3 Å². The number of carbonyl (C=O) groups is 1. The first-order valence-electron chi connectivity index (χ1n) is 14.1. The summed E-state index contributed by atoms with van der Waals surface area (Å²) in [6.07, 6.45) is 6.56. The van der Waals surface area contributed by atoms with E-state index in [1.807, 2.05) is 6.07 Å². The molecule has 2 aliphatic heterocycles. The van der Waals surface area contributed by atoms with Gasteiger partial charge in [-0.05, 0) is 44.7 Å². The van der Waals surface area contributed by atoms with E-state index in [4.69, 9.17) is 19.6 Å². The first kappa shape index (κ1) is 26.8. The number of alkyl halides is 2. The summed E-state index contributed by atoms with van der Waals surface area (Å²) in [6.45, 7) is 4.12. The topological polar surface area (TPSA) is 94.8 Å². The van der Waals surface area contributed by atoms with Crippen LogP contribution in [0.1, 0.15) is 61.1 Å². The zero-order valence-corrected chi connectivity index (χ0v) is 22.6. The second-order valence-electron chi connectivity index (χ2n) is 10.5. The van der Waals surface area contributed by atoms with E-state index in [9.17, 15) is 13.6 Å². The lowest BCUT2D eigenvalue weighted by Gasteiger charge is -2.41. The molecule has 0 amide bonds. The van der Waals surface area contributed by atoms with Crippen LogP contribution in [0, 0.1) is 0 Å². The van der Waals surface area contributed by atoms with Crippen LogP contribution in [-0.2, 0) is 9.47 Å². The molecule has 2 saturated heterocycles. The van der Waals surface area contributed by atoms with Gasteiger partial charge < -0.3 is 19.1 Å². The van der Waals surface area contributed by atoms with Gasteiger partial charge in [0.25, 0.3) is 0 Å². The van der Waals surface area contributed by atoms with Gasteiger partial charge in [-0.25, -0.2) is 19.4 Å². The minimum atomic E-state index is -3.00. The summed E-state index contributed by atoms with van der Waals surface area (Å²) in [5.41, 5.74) is 3.00. The molecule has 3 fully saturated rings. The standard InChI is InChI=1S/C28H34F2N6O4/c1-2-39-27(37)21-17-22(35-10-7-19(8-11-35)34-12-14-38-15-13-34)24-25(18-4-3-5-18)33-36(26(24)32-21)20-6-9-31-23(16-20)40-28(29)30/h6,9,16-19,28H,2-5,7-8,10-15H2,1H3. The van der Waals surface area contributed by atoms with Crippen LogP contribution in [0.15, 0.2) is 24.4 Å². The molecule has 1 aliphatic carbocycles. The maximum Gasteiger partial charge on any atom is 0.388 e. The first-order chi connectivity index (χ1) is 19.5. The van der Waals surface area contributed by atoms with Gasteiger partial charge in [-0.3, -0.25) is 4.90 Å². The fraction of sp³-hybridized carbons (Fsp3) is 0.571. The number of fused-ring (bicyclic) bond motifs is 1. The fourth-order valence-corrected chi connectivity index (χ4v) is 5.93. The minimum Gasteiger partial charge on any atom is -0.461 e. The second kappa shape index (κ2) is 11.6. The monoisotopic (exact) mass is 556 g/mol. The Labute approximate surface area is 231 Å². The number of hydrogen-bond acceptors (Lipinski definition) is 9. The third-order valence-corrected chi connectivity index (χ3v) is 8.16. The quantitative estimate of drug-likeness (QED) is 0.379. The number of ether oxygens (including phenoxy) is 3. The van der Waals surface area contributed by atoms with Crippen molar-refractivity contribution in [2.75, 3.05) is 50.9 Å². The minimum absolute atomic E-state index is 0.194. The molecule has 5 heterocycles. The lowest BCUT2D eigenvalue weighted by atomic mass is 9.82. The number of halogens is 2. The van der Waals surface area contributed by atoms with Crippen molar-refractivity contribution in [3.05, 3.63) is 35.8 Å². The first-order valence-corrected chi connectivity index (χ1v) is 14.1. The molecular weight excluding hydrogens is 522 g/mol. The lowest BCUT2D eigenvalue weighted by molar-refractivity contribution is -0.0528. The average molecular weight is 557 g/mol. The third kappa shape index (κ3) is 5.34. The van der Waals surface area contributed by atoms with Crippen molar-refractivity contribution in [1.29, 1.82) is 0 Å². The molecule has 3 aliphatic rings. The summed E-state index contributed by atoms with van der Waals surface area (Å²) in [5, 5.41) is 5.87. The highest BCUT2D eigenvalue weighted by molar-refractivity contribution is 5.99. The summed E-state index contributed by atoms with van der Waals surface area (Å²) >= 11 is 0. The predicted octanol–water partition coefficient (Wildman–Crippen LogP) is 4.16. The molecule has 0 radical (unpaired) electrons. The van der Waals surface area contributed by atoms with E-state index in [0.29, 0.717) is 17.4 Å². The van der Waals surface area contributed by atoms with E-state index in [-0.39, 0.29) is 24.1 Å². The van der Waals surface area contributed by atoms with Crippen molar-refractivity contribution in [3.8, 4) is 11.6 Å². The SMILES string of the molecule is CCOC(=O)c1cc(N2CCC(N3CCOCC3)CC2)c2c(C3CCC3)nn(-c3ccnc(OC(F)F)c3)c2n1.